The van der Waals surface area contributed by atoms with E-state index in [1.165, 1.54) is 54.9 Å². The lowest BCUT2D eigenvalue weighted by atomic mass is 9.85. The van der Waals surface area contributed by atoms with Gasteiger partial charge in [-0.05, 0) is 89.8 Å². The molecule has 9 aromatic carbocycles. The van der Waals surface area contributed by atoms with Gasteiger partial charge in [-0.15, -0.1) is 0 Å². The number of benzene rings is 9. The summed E-state index contributed by atoms with van der Waals surface area (Å²) in [7, 11) is 0. The highest BCUT2D eigenvalue weighted by Gasteiger charge is 2.20. The standard InChI is InChI=1S/C50H32O/c1-4-14-33(15-5-1)34-24-26-36(27-25-34)39-29-30-40(35-16-6-2-7-17-35)50-49(39)45-32-38(28-31-46(45)51-50)48-43-22-12-10-20-41(43)47(37-18-8-3-9-19-37)42-21-11-13-23-44(42)48/h1-32H. The fourth-order valence-electron chi connectivity index (χ4n) is 7.95. The van der Waals surface area contributed by atoms with Crippen LogP contribution in [-0.2, 0) is 0 Å². The first-order valence-corrected chi connectivity index (χ1v) is 17.5. The van der Waals surface area contributed by atoms with Crippen LogP contribution in [0.5, 0.6) is 0 Å². The molecule has 51 heavy (non-hydrogen) atoms. The number of hydrogen-bond donors (Lipinski definition) is 0. The Morgan fingerprint density at radius 2 is 0.686 bits per heavy atom. The van der Waals surface area contributed by atoms with Gasteiger partial charge in [-0.1, -0.05) is 176 Å². The maximum Gasteiger partial charge on any atom is 0.143 e. The van der Waals surface area contributed by atoms with Gasteiger partial charge in [-0.3, -0.25) is 0 Å². The first-order chi connectivity index (χ1) is 25.3. The molecule has 0 saturated heterocycles. The van der Waals surface area contributed by atoms with E-state index in [0.717, 1.165) is 44.2 Å². The third-order valence-corrected chi connectivity index (χ3v) is 10.3. The molecule has 10 rings (SSSR count). The highest BCUT2D eigenvalue weighted by Crippen LogP contribution is 2.47. The van der Waals surface area contributed by atoms with E-state index in [9.17, 15) is 0 Å². The maximum absolute atomic E-state index is 6.84. The molecule has 1 nitrogen and oxygen atoms in total. The van der Waals surface area contributed by atoms with Crippen molar-refractivity contribution in [3.63, 3.8) is 0 Å². The minimum atomic E-state index is 0.883. The van der Waals surface area contributed by atoms with Crippen LogP contribution in [-0.4, -0.2) is 0 Å². The summed E-state index contributed by atoms with van der Waals surface area (Å²) < 4.78 is 6.84. The lowest BCUT2D eigenvalue weighted by Crippen LogP contribution is -1.90. The van der Waals surface area contributed by atoms with Crippen LogP contribution in [0.1, 0.15) is 0 Å². The van der Waals surface area contributed by atoms with Gasteiger partial charge in [0.05, 0.1) is 0 Å². The molecule has 238 valence electrons. The first kappa shape index (κ1) is 29.2. The number of rotatable bonds is 5. The smallest absolute Gasteiger partial charge is 0.143 e. The molecule has 0 aliphatic rings. The van der Waals surface area contributed by atoms with Crippen LogP contribution in [0, 0.1) is 0 Å². The van der Waals surface area contributed by atoms with Crippen molar-refractivity contribution in [3.05, 3.63) is 194 Å². The van der Waals surface area contributed by atoms with E-state index in [0.29, 0.717) is 0 Å². The summed E-state index contributed by atoms with van der Waals surface area (Å²) >= 11 is 0. The largest absolute Gasteiger partial charge is 0.455 e. The van der Waals surface area contributed by atoms with Crippen molar-refractivity contribution in [2.24, 2.45) is 0 Å². The van der Waals surface area contributed by atoms with Gasteiger partial charge in [0, 0.05) is 16.3 Å². The second-order valence-corrected chi connectivity index (χ2v) is 13.2. The van der Waals surface area contributed by atoms with Crippen LogP contribution in [0.2, 0.25) is 0 Å². The molecule has 0 unspecified atom stereocenters. The highest BCUT2D eigenvalue weighted by atomic mass is 16.3. The molecule has 0 aliphatic heterocycles. The molecule has 1 aromatic heterocycles. The molecule has 10 aromatic rings. The molecule has 0 N–H and O–H groups in total. The van der Waals surface area contributed by atoms with Crippen molar-refractivity contribution in [3.8, 4) is 55.6 Å². The normalized spacial score (nSPS) is 11.5. The summed E-state index contributed by atoms with van der Waals surface area (Å²) in [5, 5.41) is 7.23. The second kappa shape index (κ2) is 12.0. The molecule has 1 heteroatoms. The topological polar surface area (TPSA) is 13.1 Å². The van der Waals surface area contributed by atoms with E-state index < -0.39 is 0 Å². The van der Waals surface area contributed by atoms with Crippen LogP contribution >= 0.6 is 0 Å². The number of fused-ring (bicyclic) bond motifs is 5. The minimum absolute atomic E-state index is 0.883. The Kier molecular flexibility index (Phi) is 6.89. The summed E-state index contributed by atoms with van der Waals surface area (Å²) in [6.07, 6.45) is 0. The fraction of sp³-hybridized carbons (Fsp3) is 0. The SMILES string of the molecule is c1ccc(-c2ccc(-c3ccc(-c4ccccc4)c4oc5ccc(-c6c7ccccc7c(-c7ccccc7)c7ccccc67)cc5c34)cc2)cc1. The Labute approximate surface area is 296 Å². The van der Waals surface area contributed by atoms with E-state index >= 15 is 0 Å². The van der Waals surface area contributed by atoms with Gasteiger partial charge in [0.1, 0.15) is 11.2 Å². The third kappa shape index (κ3) is 4.86. The molecule has 0 bridgehead atoms. The number of hydrogen-bond acceptors (Lipinski definition) is 1. The lowest BCUT2D eigenvalue weighted by Gasteiger charge is -2.17. The second-order valence-electron chi connectivity index (χ2n) is 13.2. The van der Waals surface area contributed by atoms with Crippen LogP contribution in [0.15, 0.2) is 199 Å². The number of furan rings is 1. The Bertz CT molecular complexity index is 2810. The van der Waals surface area contributed by atoms with Crippen molar-refractivity contribution >= 4 is 43.5 Å². The van der Waals surface area contributed by atoms with Crippen molar-refractivity contribution in [1.82, 2.24) is 0 Å². The van der Waals surface area contributed by atoms with Crippen LogP contribution in [0.25, 0.3) is 99.1 Å². The van der Waals surface area contributed by atoms with Crippen molar-refractivity contribution < 1.29 is 4.42 Å². The molecule has 0 radical (unpaired) electrons. The van der Waals surface area contributed by atoms with Gasteiger partial charge < -0.3 is 4.42 Å². The van der Waals surface area contributed by atoms with Crippen molar-refractivity contribution in [2.75, 3.05) is 0 Å². The Hall–Kier alpha value is -6.70. The van der Waals surface area contributed by atoms with Crippen LogP contribution < -0.4 is 0 Å². The molecular formula is C50H32O. The Balaban J connectivity index is 1.25. The minimum Gasteiger partial charge on any atom is -0.455 e. The van der Waals surface area contributed by atoms with Gasteiger partial charge in [-0.2, -0.15) is 0 Å². The Morgan fingerprint density at radius 1 is 0.275 bits per heavy atom. The summed E-state index contributed by atoms with van der Waals surface area (Å²) in [5.74, 6) is 0. The van der Waals surface area contributed by atoms with Gasteiger partial charge in [0.2, 0.25) is 0 Å². The third-order valence-electron chi connectivity index (χ3n) is 10.3. The molecular weight excluding hydrogens is 617 g/mol. The zero-order valence-electron chi connectivity index (χ0n) is 27.9. The highest BCUT2D eigenvalue weighted by molar-refractivity contribution is 6.23. The van der Waals surface area contributed by atoms with E-state index in [1.54, 1.807) is 0 Å². The lowest BCUT2D eigenvalue weighted by molar-refractivity contribution is 0.670. The van der Waals surface area contributed by atoms with Gasteiger partial charge in [0.25, 0.3) is 0 Å². The Morgan fingerprint density at radius 3 is 1.27 bits per heavy atom. The van der Waals surface area contributed by atoms with Crippen molar-refractivity contribution in [1.29, 1.82) is 0 Å². The van der Waals surface area contributed by atoms with Crippen LogP contribution in [0.4, 0.5) is 0 Å². The van der Waals surface area contributed by atoms with E-state index in [4.69, 9.17) is 4.42 Å². The maximum atomic E-state index is 6.84. The molecule has 0 aliphatic carbocycles. The molecule has 0 atom stereocenters. The molecule has 0 fully saturated rings. The van der Waals surface area contributed by atoms with Gasteiger partial charge in [-0.25, -0.2) is 0 Å². The van der Waals surface area contributed by atoms with E-state index in [2.05, 4.69) is 194 Å². The average molecular weight is 649 g/mol. The van der Waals surface area contributed by atoms with Crippen LogP contribution in [0.3, 0.4) is 0 Å². The summed E-state index contributed by atoms with van der Waals surface area (Å²) in [6, 6.07) is 69.8. The average Bonchev–Trinajstić information content (AvgIpc) is 3.60. The monoisotopic (exact) mass is 648 g/mol. The molecule has 0 saturated carbocycles. The summed E-state index contributed by atoms with van der Waals surface area (Å²) in [5.41, 5.74) is 13.7. The van der Waals surface area contributed by atoms with E-state index in [-0.39, 0.29) is 0 Å². The molecule has 0 spiro atoms. The van der Waals surface area contributed by atoms with Gasteiger partial charge >= 0.3 is 0 Å². The quantitative estimate of drug-likeness (QED) is 0.169. The molecule has 0 amide bonds. The summed E-state index contributed by atoms with van der Waals surface area (Å²) in [6.45, 7) is 0. The zero-order valence-corrected chi connectivity index (χ0v) is 27.9. The zero-order chi connectivity index (χ0) is 33.7. The fourth-order valence-corrected chi connectivity index (χ4v) is 7.95. The summed E-state index contributed by atoms with van der Waals surface area (Å²) in [4.78, 5) is 0. The van der Waals surface area contributed by atoms with E-state index in [1.807, 2.05) is 0 Å². The van der Waals surface area contributed by atoms with Crippen molar-refractivity contribution in [2.45, 2.75) is 0 Å². The first-order valence-electron chi connectivity index (χ1n) is 17.5. The predicted molar refractivity (Wildman–Crippen MR) is 216 cm³/mol. The van der Waals surface area contributed by atoms with Gasteiger partial charge in [0.15, 0.2) is 0 Å². The predicted octanol–water partition coefficient (Wildman–Crippen LogP) is 14.2. The molecule has 1 heterocycles.